The lowest BCUT2D eigenvalue weighted by Crippen LogP contribution is -2.30. The van der Waals surface area contributed by atoms with Crippen molar-refractivity contribution in [3.63, 3.8) is 0 Å². The third-order valence-electron chi connectivity index (χ3n) is 2.51. The molecule has 1 unspecified atom stereocenters. The molecule has 1 aromatic heterocycles. The van der Waals surface area contributed by atoms with Gasteiger partial charge in [-0.3, -0.25) is 0 Å². The van der Waals surface area contributed by atoms with Gasteiger partial charge < -0.3 is 5.32 Å². The van der Waals surface area contributed by atoms with E-state index in [2.05, 4.69) is 15.3 Å². The lowest BCUT2D eigenvalue weighted by atomic mass is 10.3. The number of rotatable bonds is 3. The van der Waals surface area contributed by atoms with Crippen LogP contribution in [0.5, 0.6) is 0 Å². The smallest absolute Gasteiger partial charge is 0.197 e. The number of hydrogen-bond acceptors (Lipinski definition) is 5. The van der Waals surface area contributed by atoms with E-state index in [1.165, 1.54) is 6.07 Å². The van der Waals surface area contributed by atoms with Crippen molar-refractivity contribution in [1.82, 2.24) is 15.3 Å². The molecule has 96 valence electrons. The zero-order chi connectivity index (χ0) is 11.6. The Labute approximate surface area is 111 Å². The quantitative estimate of drug-likeness (QED) is 0.845. The number of sulfone groups is 1. The summed E-state index contributed by atoms with van der Waals surface area (Å²) in [6.45, 7) is 0.880. The van der Waals surface area contributed by atoms with E-state index in [0.29, 0.717) is 0 Å². The summed E-state index contributed by atoms with van der Waals surface area (Å²) in [5.41, 5.74) is 0. The fourth-order valence-electron chi connectivity index (χ4n) is 1.74. The summed E-state index contributed by atoms with van der Waals surface area (Å²) in [4.78, 5) is 7.40. The van der Waals surface area contributed by atoms with Gasteiger partial charge >= 0.3 is 0 Å². The van der Waals surface area contributed by atoms with Gasteiger partial charge in [-0.2, -0.15) is 0 Å². The molecular weight excluding hydrogens is 285 g/mol. The van der Waals surface area contributed by atoms with E-state index in [9.17, 15) is 8.42 Å². The highest BCUT2D eigenvalue weighted by atomic mass is 35.5. The van der Waals surface area contributed by atoms with Crippen LogP contribution in [0.3, 0.4) is 0 Å². The second-order valence-electron chi connectivity index (χ2n) is 3.75. The monoisotopic (exact) mass is 297 g/mol. The van der Waals surface area contributed by atoms with Crippen LogP contribution in [-0.2, 0) is 9.84 Å². The van der Waals surface area contributed by atoms with Gasteiger partial charge in [0.1, 0.15) is 11.5 Å². The summed E-state index contributed by atoms with van der Waals surface area (Å²) in [5, 5.41) is 3.29. The van der Waals surface area contributed by atoms with E-state index >= 15 is 0 Å². The standard InChI is InChI=1S/C9H12ClN3O2S.ClH/c10-8-4-9(13-6-12-8)16(14,15)5-7-2-1-3-11-7;/h4,6-7,11H,1-3,5H2;1H. The van der Waals surface area contributed by atoms with E-state index in [-0.39, 0.29) is 34.4 Å². The van der Waals surface area contributed by atoms with Crippen molar-refractivity contribution in [3.05, 3.63) is 17.5 Å². The molecule has 1 fully saturated rings. The van der Waals surface area contributed by atoms with Gasteiger partial charge in [0.25, 0.3) is 0 Å². The maximum Gasteiger partial charge on any atom is 0.197 e. The average Bonchev–Trinajstić information content (AvgIpc) is 2.70. The summed E-state index contributed by atoms with van der Waals surface area (Å²) in [6, 6.07) is 1.31. The minimum absolute atomic E-state index is 0. The molecule has 0 aromatic carbocycles. The lowest BCUT2D eigenvalue weighted by Gasteiger charge is -2.09. The molecule has 1 aliphatic rings. The van der Waals surface area contributed by atoms with Gasteiger partial charge in [-0.05, 0) is 19.4 Å². The Morgan fingerprint density at radius 2 is 2.24 bits per heavy atom. The van der Waals surface area contributed by atoms with Crippen molar-refractivity contribution >= 4 is 33.8 Å². The zero-order valence-electron chi connectivity index (χ0n) is 8.97. The Morgan fingerprint density at radius 3 is 2.82 bits per heavy atom. The molecule has 0 radical (unpaired) electrons. The molecule has 0 bridgehead atoms. The first kappa shape index (κ1) is 14.6. The van der Waals surface area contributed by atoms with Crippen molar-refractivity contribution in [3.8, 4) is 0 Å². The van der Waals surface area contributed by atoms with Crippen molar-refractivity contribution in [2.75, 3.05) is 12.3 Å². The molecule has 1 N–H and O–H groups in total. The molecule has 1 atom stereocenters. The van der Waals surface area contributed by atoms with Crippen LogP contribution in [0.4, 0.5) is 0 Å². The van der Waals surface area contributed by atoms with Crippen molar-refractivity contribution in [2.45, 2.75) is 23.9 Å². The van der Waals surface area contributed by atoms with Crippen LogP contribution in [-0.4, -0.2) is 36.7 Å². The summed E-state index contributed by atoms with van der Waals surface area (Å²) in [5.74, 6) is 0.0698. The maximum absolute atomic E-state index is 12.0. The second kappa shape index (κ2) is 5.95. The highest BCUT2D eigenvalue weighted by Crippen LogP contribution is 2.15. The van der Waals surface area contributed by atoms with Crippen molar-refractivity contribution in [1.29, 1.82) is 0 Å². The third kappa shape index (κ3) is 3.77. The van der Waals surface area contributed by atoms with E-state index < -0.39 is 9.84 Å². The van der Waals surface area contributed by atoms with Crippen LogP contribution < -0.4 is 5.32 Å². The number of hydrogen-bond donors (Lipinski definition) is 1. The molecule has 2 rings (SSSR count). The van der Waals surface area contributed by atoms with Crippen molar-refractivity contribution in [2.24, 2.45) is 0 Å². The Kier molecular flexibility index (Phi) is 5.12. The van der Waals surface area contributed by atoms with Crippen LogP contribution in [0.1, 0.15) is 12.8 Å². The highest BCUT2D eigenvalue weighted by Gasteiger charge is 2.24. The molecule has 5 nitrogen and oxygen atoms in total. The predicted molar refractivity (Wildman–Crippen MR) is 67.4 cm³/mol. The number of halogens is 2. The minimum atomic E-state index is -3.36. The molecule has 0 spiro atoms. The summed E-state index contributed by atoms with van der Waals surface area (Å²) >= 11 is 5.64. The Hall–Kier alpha value is -0.430. The van der Waals surface area contributed by atoms with E-state index in [4.69, 9.17) is 11.6 Å². The number of nitrogens with one attached hydrogen (secondary N) is 1. The molecule has 1 aromatic rings. The van der Waals surface area contributed by atoms with Gasteiger partial charge in [0, 0.05) is 12.1 Å². The Bertz CT molecular complexity index is 475. The summed E-state index contributed by atoms with van der Waals surface area (Å²) < 4.78 is 23.9. The highest BCUT2D eigenvalue weighted by molar-refractivity contribution is 7.91. The Balaban J connectivity index is 0.00000144. The first-order chi connectivity index (χ1) is 7.58. The van der Waals surface area contributed by atoms with Crippen LogP contribution >= 0.6 is 24.0 Å². The van der Waals surface area contributed by atoms with Crippen LogP contribution in [0, 0.1) is 0 Å². The molecule has 0 amide bonds. The average molecular weight is 298 g/mol. The van der Waals surface area contributed by atoms with E-state index in [1.54, 1.807) is 0 Å². The fraction of sp³-hybridized carbons (Fsp3) is 0.556. The first-order valence-corrected chi connectivity index (χ1v) is 7.05. The van der Waals surface area contributed by atoms with Gasteiger partial charge in [-0.1, -0.05) is 11.6 Å². The van der Waals surface area contributed by atoms with Gasteiger partial charge in [0.2, 0.25) is 0 Å². The second-order valence-corrected chi connectivity index (χ2v) is 6.12. The van der Waals surface area contributed by atoms with E-state index in [0.717, 1.165) is 25.7 Å². The molecule has 8 heteroatoms. The Morgan fingerprint density at radius 1 is 1.47 bits per heavy atom. The fourth-order valence-corrected chi connectivity index (χ4v) is 3.43. The van der Waals surface area contributed by atoms with Gasteiger partial charge in [-0.15, -0.1) is 12.4 Å². The molecule has 2 heterocycles. The first-order valence-electron chi connectivity index (χ1n) is 5.01. The maximum atomic E-state index is 12.0. The largest absolute Gasteiger partial charge is 0.313 e. The lowest BCUT2D eigenvalue weighted by molar-refractivity contribution is 0.573. The molecule has 17 heavy (non-hydrogen) atoms. The summed E-state index contributed by atoms with van der Waals surface area (Å²) in [7, 11) is -3.36. The normalized spacial score (nSPS) is 19.9. The topological polar surface area (TPSA) is 72.0 Å². The molecule has 0 saturated carbocycles. The molecule has 1 saturated heterocycles. The van der Waals surface area contributed by atoms with Crippen LogP contribution in [0.2, 0.25) is 5.15 Å². The van der Waals surface area contributed by atoms with Gasteiger partial charge in [-0.25, -0.2) is 18.4 Å². The zero-order valence-corrected chi connectivity index (χ0v) is 11.4. The molecule has 1 aliphatic heterocycles. The van der Waals surface area contributed by atoms with Gasteiger partial charge in [0.05, 0.1) is 5.75 Å². The summed E-state index contributed by atoms with van der Waals surface area (Å²) in [6.07, 6.45) is 3.07. The SMILES string of the molecule is Cl.O=S(=O)(CC1CCCN1)c1cc(Cl)ncn1. The van der Waals surface area contributed by atoms with Crippen LogP contribution in [0.25, 0.3) is 0 Å². The predicted octanol–water partition coefficient (Wildman–Crippen LogP) is 1.08. The molecular formula is C9H13Cl2N3O2S. The van der Waals surface area contributed by atoms with Crippen molar-refractivity contribution < 1.29 is 8.42 Å². The van der Waals surface area contributed by atoms with Gasteiger partial charge in [0.15, 0.2) is 14.9 Å². The minimum Gasteiger partial charge on any atom is -0.313 e. The number of nitrogens with zero attached hydrogens (tertiary/aromatic N) is 2. The molecule has 0 aliphatic carbocycles. The number of aromatic nitrogens is 2. The third-order valence-corrected chi connectivity index (χ3v) is 4.42. The van der Waals surface area contributed by atoms with Crippen LogP contribution in [0.15, 0.2) is 17.4 Å². The van der Waals surface area contributed by atoms with E-state index in [1.807, 2.05) is 0 Å².